The molecular formula is C11H13NO3S. The number of thioether (sulfide) groups is 1. The Morgan fingerprint density at radius 2 is 2.06 bits per heavy atom. The van der Waals surface area contributed by atoms with Gasteiger partial charge in [0, 0.05) is 4.90 Å². The highest BCUT2D eigenvalue weighted by molar-refractivity contribution is 7.98. The van der Waals surface area contributed by atoms with Crippen LogP contribution < -0.4 is 0 Å². The molecule has 0 fully saturated rings. The van der Waals surface area contributed by atoms with E-state index >= 15 is 0 Å². The molecule has 4 nitrogen and oxygen atoms in total. The smallest absolute Gasteiger partial charge is 0.339 e. The summed E-state index contributed by atoms with van der Waals surface area (Å²) in [6.45, 7) is 1.93. The summed E-state index contributed by atoms with van der Waals surface area (Å²) in [7, 11) is 0. The van der Waals surface area contributed by atoms with Crippen molar-refractivity contribution in [3.05, 3.63) is 34.7 Å². The van der Waals surface area contributed by atoms with Crippen LogP contribution in [0, 0.1) is 4.91 Å². The van der Waals surface area contributed by atoms with Crippen molar-refractivity contribution in [3.63, 3.8) is 0 Å². The van der Waals surface area contributed by atoms with E-state index in [-0.39, 0.29) is 6.61 Å². The molecular weight excluding hydrogens is 226 g/mol. The van der Waals surface area contributed by atoms with E-state index in [1.165, 1.54) is 0 Å². The number of carbonyl (C=O) groups excluding carboxylic acids is 1. The molecule has 16 heavy (non-hydrogen) atoms. The molecule has 0 saturated heterocycles. The van der Waals surface area contributed by atoms with Crippen LogP contribution in [0.1, 0.15) is 18.5 Å². The van der Waals surface area contributed by atoms with Crippen LogP contribution in [0.5, 0.6) is 0 Å². The van der Waals surface area contributed by atoms with Crippen LogP contribution in [0.4, 0.5) is 0 Å². The van der Waals surface area contributed by atoms with Gasteiger partial charge in [-0.1, -0.05) is 12.1 Å². The third kappa shape index (κ3) is 3.06. The standard InChI is InChI=1S/C11H13NO3S/c1-3-15-11(13)10(12-14)8-4-6-9(16-2)7-5-8/h4-7,10H,3H2,1-2H3. The zero-order valence-electron chi connectivity index (χ0n) is 9.17. The highest BCUT2D eigenvalue weighted by atomic mass is 32.2. The topological polar surface area (TPSA) is 55.7 Å². The third-order valence-corrected chi connectivity index (χ3v) is 2.79. The summed E-state index contributed by atoms with van der Waals surface area (Å²) in [6, 6.07) is 6.06. The molecule has 1 rings (SSSR count). The molecule has 0 radical (unpaired) electrons. The molecule has 0 N–H and O–H groups in total. The van der Waals surface area contributed by atoms with Gasteiger partial charge in [0.1, 0.15) is 0 Å². The highest BCUT2D eigenvalue weighted by Gasteiger charge is 2.22. The average molecular weight is 239 g/mol. The SMILES string of the molecule is CCOC(=O)C(N=O)c1ccc(SC)cc1. The Kier molecular flexibility index (Phi) is 4.98. The van der Waals surface area contributed by atoms with Crippen molar-refractivity contribution < 1.29 is 9.53 Å². The maximum absolute atomic E-state index is 11.4. The molecule has 1 atom stereocenters. The Bertz CT molecular complexity index is 364. The molecule has 0 aliphatic carbocycles. The van der Waals surface area contributed by atoms with Crippen molar-refractivity contribution in [2.24, 2.45) is 5.18 Å². The molecule has 0 spiro atoms. The van der Waals surface area contributed by atoms with Crippen LogP contribution in [-0.4, -0.2) is 18.8 Å². The average Bonchev–Trinajstić information content (AvgIpc) is 2.31. The van der Waals surface area contributed by atoms with Gasteiger partial charge in [-0.2, -0.15) is 0 Å². The number of hydrogen-bond acceptors (Lipinski definition) is 5. The molecule has 0 heterocycles. The van der Waals surface area contributed by atoms with E-state index in [1.54, 1.807) is 30.8 Å². The van der Waals surface area contributed by atoms with Gasteiger partial charge in [-0.25, -0.2) is 4.79 Å². The number of nitrogens with zero attached hydrogens (tertiary/aromatic N) is 1. The number of ether oxygens (including phenoxy) is 1. The lowest BCUT2D eigenvalue weighted by atomic mass is 10.1. The largest absolute Gasteiger partial charge is 0.464 e. The van der Waals surface area contributed by atoms with Crippen molar-refractivity contribution >= 4 is 17.7 Å². The predicted octanol–water partition coefficient (Wildman–Crippen LogP) is 2.78. The summed E-state index contributed by atoms with van der Waals surface area (Å²) >= 11 is 1.59. The van der Waals surface area contributed by atoms with Gasteiger partial charge in [-0.15, -0.1) is 16.7 Å². The van der Waals surface area contributed by atoms with Crippen molar-refractivity contribution in [1.82, 2.24) is 0 Å². The number of benzene rings is 1. The van der Waals surface area contributed by atoms with Crippen LogP contribution in [0.2, 0.25) is 0 Å². The van der Waals surface area contributed by atoms with Crippen LogP contribution in [0.3, 0.4) is 0 Å². The molecule has 0 aliphatic rings. The van der Waals surface area contributed by atoms with Gasteiger partial charge in [0.2, 0.25) is 6.04 Å². The second kappa shape index (κ2) is 6.27. The second-order valence-electron chi connectivity index (χ2n) is 3.03. The fourth-order valence-corrected chi connectivity index (χ4v) is 1.66. The van der Waals surface area contributed by atoms with E-state index in [0.717, 1.165) is 4.90 Å². The minimum Gasteiger partial charge on any atom is -0.464 e. The summed E-state index contributed by atoms with van der Waals surface area (Å²) in [5.74, 6) is -0.602. The number of carbonyl (C=O) groups is 1. The van der Waals surface area contributed by atoms with E-state index in [9.17, 15) is 9.70 Å². The van der Waals surface area contributed by atoms with E-state index in [2.05, 4.69) is 5.18 Å². The summed E-state index contributed by atoms with van der Waals surface area (Å²) < 4.78 is 4.77. The van der Waals surface area contributed by atoms with Crippen LogP contribution in [0.15, 0.2) is 34.3 Å². The van der Waals surface area contributed by atoms with Gasteiger partial charge in [0.15, 0.2) is 0 Å². The highest BCUT2D eigenvalue weighted by Crippen LogP contribution is 2.22. The van der Waals surface area contributed by atoms with E-state index in [4.69, 9.17) is 4.74 Å². The lowest BCUT2D eigenvalue weighted by molar-refractivity contribution is -0.144. The first-order chi connectivity index (χ1) is 7.72. The predicted molar refractivity (Wildman–Crippen MR) is 63.4 cm³/mol. The number of nitroso groups, excluding NO2 is 1. The monoisotopic (exact) mass is 239 g/mol. The lowest BCUT2D eigenvalue weighted by Gasteiger charge is -2.08. The summed E-state index contributed by atoms with van der Waals surface area (Å²) in [5.41, 5.74) is 0.561. The molecule has 1 unspecified atom stereocenters. The van der Waals surface area contributed by atoms with Crippen molar-refractivity contribution in [2.45, 2.75) is 17.9 Å². The first kappa shape index (κ1) is 12.7. The van der Waals surface area contributed by atoms with Crippen molar-refractivity contribution in [2.75, 3.05) is 12.9 Å². The van der Waals surface area contributed by atoms with Crippen LogP contribution >= 0.6 is 11.8 Å². The zero-order chi connectivity index (χ0) is 12.0. The molecule has 1 aromatic carbocycles. The normalized spacial score (nSPS) is 11.9. The molecule has 0 aliphatic heterocycles. The minimum absolute atomic E-state index is 0.244. The van der Waals surface area contributed by atoms with Crippen molar-refractivity contribution in [3.8, 4) is 0 Å². The van der Waals surface area contributed by atoms with Crippen LogP contribution in [-0.2, 0) is 9.53 Å². The molecule has 0 aromatic heterocycles. The second-order valence-corrected chi connectivity index (χ2v) is 3.91. The van der Waals surface area contributed by atoms with Gasteiger partial charge in [0.05, 0.1) is 6.61 Å². The quantitative estimate of drug-likeness (QED) is 0.450. The first-order valence-electron chi connectivity index (χ1n) is 4.86. The number of esters is 1. The maximum Gasteiger partial charge on any atom is 0.339 e. The number of rotatable bonds is 5. The molecule has 0 amide bonds. The van der Waals surface area contributed by atoms with E-state index in [1.807, 2.05) is 18.4 Å². The summed E-state index contributed by atoms with van der Waals surface area (Å²) in [4.78, 5) is 23.1. The van der Waals surface area contributed by atoms with E-state index in [0.29, 0.717) is 5.56 Å². The Balaban J connectivity index is 2.86. The number of hydrogen-bond donors (Lipinski definition) is 0. The molecule has 5 heteroatoms. The van der Waals surface area contributed by atoms with Gasteiger partial charge in [0.25, 0.3) is 0 Å². The fourth-order valence-electron chi connectivity index (χ4n) is 1.25. The molecule has 1 aromatic rings. The Hall–Kier alpha value is -1.36. The minimum atomic E-state index is -1.06. The summed E-state index contributed by atoms with van der Waals surface area (Å²) in [5, 5.41) is 2.80. The Morgan fingerprint density at radius 3 is 2.50 bits per heavy atom. The van der Waals surface area contributed by atoms with Gasteiger partial charge < -0.3 is 4.74 Å². The van der Waals surface area contributed by atoms with Crippen molar-refractivity contribution in [1.29, 1.82) is 0 Å². The fraction of sp³-hybridized carbons (Fsp3) is 0.364. The Labute approximate surface area is 98.3 Å². The molecule has 0 bridgehead atoms. The zero-order valence-corrected chi connectivity index (χ0v) is 9.99. The third-order valence-electron chi connectivity index (χ3n) is 2.05. The van der Waals surface area contributed by atoms with Gasteiger partial charge >= 0.3 is 5.97 Å². The molecule has 0 saturated carbocycles. The summed E-state index contributed by atoms with van der Waals surface area (Å²) in [6.07, 6.45) is 1.95. The Morgan fingerprint density at radius 1 is 1.44 bits per heavy atom. The van der Waals surface area contributed by atoms with Gasteiger partial charge in [-0.05, 0) is 36.1 Å². The maximum atomic E-state index is 11.4. The van der Waals surface area contributed by atoms with Crippen LogP contribution in [0.25, 0.3) is 0 Å². The molecule has 86 valence electrons. The van der Waals surface area contributed by atoms with E-state index < -0.39 is 12.0 Å². The first-order valence-corrected chi connectivity index (χ1v) is 6.08. The van der Waals surface area contributed by atoms with Gasteiger partial charge in [-0.3, -0.25) is 0 Å². The lowest BCUT2D eigenvalue weighted by Crippen LogP contribution is -2.13.